The van der Waals surface area contributed by atoms with Crippen LogP contribution in [0.5, 0.6) is 0 Å². The van der Waals surface area contributed by atoms with Gasteiger partial charge < -0.3 is 9.64 Å². The van der Waals surface area contributed by atoms with Crippen molar-refractivity contribution in [1.82, 2.24) is 9.97 Å². The van der Waals surface area contributed by atoms with Gasteiger partial charge in [0.25, 0.3) is 0 Å². The highest BCUT2D eigenvalue weighted by molar-refractivity contribution is 6.30. The first-order valence-electron chi connectivity index (χ1n) is 4.60. The summed E-state index contributed by atoms with van der Waals surface area (Å²) in [4.78, 5) is 9.71. The van der Waals surface area contributed by atoms with E-state index < -0.39 is 6.17 Å². The van der Waals surface area contributed by atoms with Crippen molar-refractivity contribution >= 4 is 17.5 Å². The van der Waals surface area contributed by atoms with Gasteiger partial charge in [0, 0.05) is 7.05 Å². The van der Waals surface area contributed by atoms with Crippen molar-refractivity contribution in [2.75, 3.05) is 25.2 Å². The molecule has 82 valence electrons. The summed E-state index contributed by atoms with van der Waals surface area (Å²) < 4.78 is 18.4. The number of ether oxygens (including phenoxy) is 1. The van der Waals surface area contributed by atoms with Gasteiger partial charge in [0.15, 0.2) is 0 Å². The lowest BCUT2D eigenvalue weighted by atomic mass is 10.2. The van der Waals surface area contributed by atoms with Crippen LogP contribution in [0.3, 0.4) is 0 Å². The summed E-state index contributed by atoms with van der Waals surface area (Å²) in [6.45, 7) is 0.506. The number of hydrogen-bond donors (Lipinski definition) is 0. The second-order valence-electron chi connectivity index (χ2n) is 3.43. The SMILES string of the molecule is CN(c1ncc(Cl)cn1)C1COCC1F. The Morgan fingerprint density at radius 2 is 2.13 bits per heavy atom. The third kappa shape index (κ3) is 2.18. The molecule has 0 N–H and O–H groups in total. The minimum absolute atomic E-state index is 0.141. The third-order valence-electron chi connectivity index (χ3n) is 2.40. The normalized spacial score (nSPS) is 25.5. The predicted octanol–water partition coefficient (Wildman–Crippen LogP) is 1.30. The third-order valence-corrected chi connectivity index (χ3v) is 2.60. The van der Waals surface area contributed by atoms with E-state index in [1.165, 1.54) is 12.4 Å². The molecular formula is C9H11ClFN3O. The van der Waals surface area contributed by atoms with E-state index in [1.54, 1.807) is 11.9 Å². The molecule has 2 heterocycles. The minimum atomic E-state index is -0.991. The van der Waals surface area contributed by atoms with E-state index in [9.17, 15) is 4.39 Å². The van der Waals surface area contributed by atoms with E-state index in [-0.39, 0.29) is 12.6 Å². The zero-order valence-electron chi connectivity index (χ0n) is 8.23. The largest absolute Gasteiger partial charge is 0.376 e. The van der Waals surface area contributed by atoms with Crippen molar-refractivity contribution in [2.24, 2.45) is 0 Å². The fourth-order valence-corrected chi connectivity index (χ4v) is 1.60. The average molecular weight is 232 g/mol. The topological polar surface area (TPSA) is 38.2 Å². The Kier molecular flexibility index (Phi) is 3.02. The summed E-state index contributed by atoms with van der Waals surface area (Å²) in [5.41, 5.74) is 0. The van der Waals surface area contributed by atoms with Crippen molar-refractivity contribution < 1.29 is 9.13 Å². The zero-order chi connectivity index (χ0) is 10.8. The standard InChI is InChI=1S/C9H11ClFN3O/c1-14(8-5-15-4-7(8)11)9-12-2-6(10)3-13-9/h2-3,7-8H,4-5H2,1H3. The maximum atomic E-state index is 13.4. The van der Waals surface area contributed by atoms with Gasteiger partial charge in [-0.25, -0.2) is 14.4 Å². The highest BCUT2D eigenvalue weighted by atomic mass is 35.5. The molecule has 15 heavy (non-hydrogen) atoms. The van der Waals surface area contributed by atoms with Gasteiger partial charge in [0.05, 0.1) is 36.7 Å². The van der Waals surface area contributed by atoms with Gasteiger partial charge in [-0.2, -0.15) is 0 Å². The number of aromatic nitrogens is 2. The van der Waals surface area contributed by atoms with Crippen LogP contribution in [-0.4, -0.2) is 42.4 Å². The van der Waals surface area contributed by atoms with E-state index >= 15 is 0 Å². The molecule has 1 fully saturated rings. The molecule has 1 aromatic heterocycles. The molecule has 4 nitrogen and oxygen atoms in total. The molecule has 0 radical (unpaired) electrons. The van der Waals surface area contributed by atoms with Gasteiger partial charge >= 0.3 is 0 Å². The number of likely N-dealkylation sites (N-methyl/N-ethyl adjacent to an activating group) is 1. The van der Waals surface area contributed by atoms with Crippen molar-refractivity contribution in [2.45, 2.75) is 12.2 Å². The van der Waals surface area contributed by atoms with E-state index in [2.05, 4.69) is 9.97 Å². The smallest absolute Gasteiger partial charge is 0.225 e. The molecule has 0 amide bonds. The van der Waals surface area contributed by atoms with Crippen LogP contribution < -0.4 is 4.90 Å². The van der Waals surface area contributed by atoms with E-state index in [1.807, 2.05) is 0 Å². The summed E-state index contributed by atoms with van der Waals surface area (Å²) in [5, 5.41) is 0.464. The van der Waals surface area contributed by atoms with Gasteiger partial charge in [-0.3, -0.25) is 0 Å². The Morgan fingerprint density at radius 3 is 2.67 bits per heavy atom. The van der Waals surface area contributed by atoms with Crippen LogP contribution in [-0.2, 0) is 4.74 Å². The second-order valence-corrected chi connectivity index (χ2v) is 3.87. The van der Waals surface area contributed by atoms with Crippen LogP contribution in [0.4, 0.5) is 10.3 Å². The molecule has 0 saturated carbocycles. The Balaban J connectivity index is 2.13. The van der Waals surface area contributed by atoms with Crippen molar-refractivity contribution in [3.63, 3.8) is 0 Å². The molecule has 6 heteroatoms. The van der Waals surface area contributed by atoms with Crippen LogP contribution >= 0.6 is 11.6 Å². The van der Waals surface area contributed by atoms with E-state index in [0.717, 1.165) is 0 Å². The van der Waals surface area contributed by atoms with Crippen LogP contribution in [0.15, 0.2) is 12.4 Å². The molecule has 1 aliphatic heterocycles. The first kappa shape index (κ1) is 10.6. The van der Waals surface area contributed by atoms with Crippen LogP contribution in [0.1, 0.15) is 0 Å². The first-order chi connectivity index (χ1) is 7.18. The minimum Gasteiger partial charge on any atom is -0.376 e. The maximum absolute atomic E-state index is 13.4. The van der Waals surface area contributed by atoms with Gasteiger partial charge in [0.2, 0.25) is 5.95 Å². The molecule has 1 aliphatic rings. The summed E-state index contributed by atoms with van der Waals surface area (Å²) in [5.74, 6) is 0.456. The Morgan fingerprint density at radius 1 is 1.47 bits per heavy atom. The van der Waals surface area contributed by atoms with Crippen LogP contribution in [0.25, 0.3) is 0 Å². The summed E-state index contributed by atoms with van der Waals surface area (Å²) in [6, 6.07) is -0.314. The quantitative estimate of drug-likeness (QED) is 0.769. The Hall–Kier alpha value is -0.940. The van der Waals surface area contributed by atoms with Gasteiger partial charge in [0.1, 0.15) is 6.17 Å². The second kappa shape index (κ2) is 4.28. The summed E-state index contributed by atoms with van der Waals surface area (Å²) >= 11 is 5.66. The highest BCUT2D eigenvalue weighted by Crippen LogP contribution is 2.19. The molecule has 0 spiro atoms. The average Bonchev–Trinajstić information content (AvgIpc) is 2.65. The lowest BCUT2D eigenvalue weighted by Crippen LogP contribution is -2.39. The van der Waals surface area contributed by atoms with Crippen molar-refractivity contribution in [3.8, 4) is 0 Å². The molecule has 2 unspecified atom stereocenters. The Bertz CT molecular complexity index is 335. The van der Waals surface area contributed by atoms with E-state index in [0.29, 0.717) is 17.6 Å². The molecule has 2 rings (SSSR count). The molecule has 0 aliphatic carbocycles. The lowest BCUT2D eigenvalue weighted by molar-refractivity contribution is 0.173. The van der Waals surface area contributed by atoms with Crippen LogP contribution in [0.2, 0.25) is 5.02 Å². The predicted molar refractivity (Wildman–Crippen MR) is 54.9 cm³/mol. The fourth-order valence-electron chi connectivity index (χ4n) is 1.51. The van der Waals surface area contributed by atoms with Gasteiger partial charge in [-0.05, 0) is 0 Å². The number of hydrogen-bond acceptors (Lipinski definition) is 4. The number of alkyl halides is 1. The number of rotatable bonds is 2. The van der Waals surface area contributed by atoms with Gasteiger partial charge in [-0.15, -0.1) is 0 Å². The zero-order valence-corrected chi connectivity index (χ0v) is 8.99. The van der Waals surface area contributed by atoms with Crippen molar-refractivity contribution in [3.05, 3.63) is 17.4 Å². The summed E-state index contributed by atoms with van der Waals surface area (Å²) in [7, 11) is 1.75. The molecule has 2 atom stereocenters. The number of nitrogens with zero attached hydrogens (tertiary/aromatic N) is 3. The molecule has 1 aromatic rings. The summed E-state index contributed by atoms with van der Waals surface area (Å²) in [6.07, 6.45) is 1.99. The lowest BCUT2D eigenvalue weighted by Gasteiger charge is -2.24. The van der Waals surface area contributed by atoms with Crippen molar-refractivity contribution in [1.29, 1.82) is 0 Å². The molecule has 0 aromatic carbocycles. The number of anilines is 1. The fraction of sp³-hybridized carbons (Fsp3) is 0.556. The highest BCUT2D eigenvalue weighted by Gasteiger charge is 2.32. The number of halogens is 2. The van der Waals surface area contributed by atoms with E-state index in [4.69, 9.17) is 16.3 Å². The Labute approximate surface area is 92.0 Å². The monoisotopic (exact) mass is 231 g/mol. The van der Waals surface area contributed by atoms with Crippen LogP contribution in [0, 0.1) is 0 Å². The molecule has 0 bridgehead atoms. The molecular weight excluding hydrogens is 221 g/mol. The maximum Gasteiger partial charge on any atom is 0.225 e. The first-order valence-corrected chi connectivity index (χ1v) is 4.98. The van der Waals surface area contributed by atoms with Gasteiger partial charge in [-0.1, -0.05) is 11.6 Å². The molecule has 1 saturated heterocycles.